The number of carbonyl (C=O) groups excluding carboxylic acids is 1. The van der Waals surface area contributed by atoms with E-state index in [9.17, 15) is 9.90 Å². The maximum atomic E-state index is 12.3. The van der Waals surface area contributed by atoms with Gasteiger partial charge < -0.3 is 15.7 Å². The Labute approximate surface area is 105 Å². The molecule has 98 valence electrons. The van der Waals surface area contributed by atoms with E-state index in [1.54, 1.807) is 18.9 Å². The molecular formula is C12H18N4O2. The molecule has 1 saturated carbocycles. The number of anilines is 1. The summed E-state index contributed by atoms with van der Waals surface area (Å²) < 4.78 is 1.52. The van der Waals surface area contributed by atoms with Gasteiger partial charge in [-0.15, -0.1) is 0 Å². The van der Waals surface area contributed by atoms with E-state index in [0.717, 1.165) is 12.8 Å². The Kier molecular flexibility index (Phi) is 2.22. The summed E-state index contributed by atoms with van der Waals surface area (Å²) in [6.45, 7) is 2.61. The van der Waals surface area contributed by atoms with Gasteiger partial charge in [-0.2, -0.15) is 5.10 Å². The first kappa shape index (κ1) is 11.5. The molecule has 2 fully saturated rings. The topological polar surface area (TPSA) is 84.4 Å². The first-order chi connectivity index (χ1) is 8.42. The maximum absolute atomic E-state index is 12.3. The van der Waals surface area contributed by atoms with Gasteiger partial charge in [-0.25, -0.2) is 0 Å². The van der Waals surface area contributed by atoms with Gasteiger partial charge in [0.15, 0.2) is 0 Å². The molecule has 1 aliphatic heterocycles. The molecule has 1 saturated heterocycles. The summed E-state index contributed by atoms with van der Waals surface area (Å²) in [4.78, 5) is 13.9. The average Bonchev–Trinajstić information content (AvgIpc) is 3.04. The molecule has 0 radical (unpaired) electrons. The molecule has 3 N–H and O–H groups in total. The van der Waals surface area contributed by atoms with E-state index in [1.165, 1.54) is 4.68 Å². The highest BCUT2D eigenvalue weighted by Gasteiger charge is 2.53. The van der Waals surface area contributed by atoms with E-state index < -0.39 is 5.60 Å². The van der Waals surface area contributed by atoms with E-state index in [0.29, 0.717) is 36.1 Å². The van der Waals surface area contributed by atoms with Gasteiger partial charge in [0, 0.05) is 7.05 Å². The van der Waals surface area contributed by atoms with Crippen LogP contribution in [-0.4, -0.2) is 44.4 Å². The van der Waals surface area contributed by atoms with Gasteiger partial charge >= 0.3 is 0 Å². The van der Waals surface area contributed by atoms with E-state index in [1.807, 2.05) is 0 Å². The van der Waals surface area contributed by atoms with Gasteiger partial charge in [0.1, 0.15) is 11.3 Å². The predicted molar refractivity (Wildman–Crippen MR) is 65.9 cm³/mol. The van der Waals surface area contributed by atoms with Gasteiger partial charge in [0.25, 0.3) is 5.91 Å². The number of hydrogen-bond acceptors (Lipinski definition) is 4. The van der Waals surface area contributed by atoms with Crippen molar-refractivity contribution in [3.05, 3.63) is 11.4 Å². The van der Waals surface area contributed by atoms with Crippen LogP contribution in [0.25, 0.3) is 0 Å². The minimum absolute atomic E-state index is 0.138. The molecule has 2 aliphatic rings. The molecule has 0 aromatic carbocycles. The van der Waals surface area contributed by atoms with Crippen LogP contribution in [0.15, 0.2) is 0 Å². The predicted octanol–water partition coefficient (Wildman–Crippen LogP) is -0.0924. The highest BCUT2D eigenvalue weighted by atomic mass is 16.3. The zero-order chi connectivity index (χ0) is 13.1. The van der Waals surface area contributed by atoms with Crippen LogP contribution in [0.4, 0.5) is 5.69 Å². The van der Waals surface area contributed by atoms with Gasteiger partial charge in [0.05, 0.1) is 24.5 Å². The molecule has 0 atom stereocenters. The maximum Gasteiger partial charge on any atom is 0.274 e. The molecule has 0 unspecified atom stereocenters. The second kappa shape index (κ2) is 3.47. The number of nitrogens with zero attached hydrogens (tertiary/aromatic N) is 3. The van der Waals surface area contributed by atoms with Crippen LogP contribution in [0.5, 0.6) is 0 Å². The van der Waals surface area contributed by atoms with Crippen LogP contribution in [0.2, 0.25) is 0 Å². The first-order valence-corrected chi connectivity index (χ1v) is 6.23. The number of rotatable bonds is 2. The average molecular weight is 250 g/mol. The zero-order valence-electron chi connectivity index (χ0n) is 10.7. The lowest BCUT2D eigenvalue weighted by Crippen LogP contribution is -2.64. The summed E-state index contributed by atoms with van der Waals surface area (Å²) in [5.41, 5.74) is 6.73. The smallest absolute Gasteiger partial charge is 0.274 e. The Bertz CT molecular complexity index is 512. The highest BCUT2D eigenvalue weighted by molar-refractivity contribution is 5.98. The number of β-amino-alcohol motifs (C(OH)–C–C–N with tert-alkyl or cyclic N) is 1. The number of aliphatic hydroxyl groups is 1. The fraction of sp³-hybridized carbons (Fsp3) is 0.667. The lowest BCUT2D eigenvalue weighted by molar-refractivity contribution is -0.0960. The van der Waals surface area contributed by atoms with Crippen molar-refractivity contribution < 1.29 is 9.90 Å². The fourth-order valence-electron chi connectivity index (χ4n) is 2.72. The Morgan fingerprint density at radius 2 is 2.11 bits per heavy atom. The summed E-state index contributed by atoms with van der Waals surface area (Å²) in [6.07, 6.45) is 2.15. The minimum atomic E-state index is -0.655. The van der Waals surface area contributed by atoms with Crippen LogP contribution in [0, 0.1) is 12.8 Å². The molecule has 3 rings (SSSR count). The quantitative estimate of drug-likeness (QED) is 0.768. The molecule has 1 amide bonds. The molecule has 2 heterocycles. The number of likely N-dealkylation sites (tertiary alicyclic amines) is 1. The van der Waals surface area contributed by atoms with E-state index in [-0.39, 0.29) is 5.91 Å². The molecular weight excluding hydrogens is 232 g/mol. The summed E-state index contributed by atoms with van der Waals surface area (Å²) in [5, 5.41) is 14.4. The van der Waals surface area contributed by atoms with Crippen molar-refractivity contribution in [1.82, 2.24) is 14.7 Å². The van der Waals surface area contributed by atoms with Gasteiger partial charge in [0.2, 0.25) is 0 Å². The van der Waals surface area contributed by atoms with Crippen LogP contribution in [0.3, 0.4) is 0 Å². The normalized spacial score (nSPS) is 21.8. The monoisotopic (exact) mass is 250 g/mol. The molecule has 6 heteroatoms. The standard InChI is InChI=1S/C12H18N4O2/c1-7-9(13)10(15(2)14-7)11(17)16-5-12(18,6-16)8-3-4-8/h8,18H,3-6,13H2,1-2H3. The summed E-state index contributed by atoms with van der Waals surface area (Å²) in [7, 11) is 1.71. The Morgan fingerprint density at radius 3 is 2.56 bits per heavy atom. The number of hydrogen-bond donors (Lipinski definition) is 2. The van der Waals surface area contributed by atoms with Crippen molar-refractivity contribution in [1.29, 1.82) is 0 Å². The number of aromatic nitrogens is 2. The number of nitrogens with two attached hydrogens (primary N) is 1. The third-order valence-electron chi connectivity index (χ3n) is 4.02. The molecule has 0 spiro atoms. The lowest BCUT2D eigenvalue weighted by atomic mass is 9.88. The Morgan fingerprint density at radius 1 is 1.50 bits per heavy atom. The Balaban J connectivity index is 1.76. The second-order valence-electron chi connectivity index (χ2n) is 5.51. The van der Waals surface area contributed by atoms with E-state index in [2.05, 4.69) is 5.10 Å². The first-order valence-electron chi connectivity index (χ1n) is 6.23. The third-order valence-corrected chi connectivity index (χ3v) is 4.02. The van der Waals surface area contributed by atoms with Gasteiger partial charge in [-0.3, -0.25) is 9.48 Å². The number of nitrogen functional groups attached to an aromatic ring is 1. The summed E-state index contributed by atoms with van der Waals surface area (Å²) >= 11 is 0. The number of amides is 1. The van der Waals surface area contributed by atoms with Crippen molar-refractivity contribution in [2.24, 2.45) is 13.0 Å². The summed E-state index contributed by atoms with van der Waals surface area (Å²) in [5.74, 6) is 0.244. The molecule has 6 nitrogen and oxygen atoms in total. The van der Waals surface area contributed by atoms with E-state index >= 15 is 0 Å². The van der Waals surface area contributed by atoms with Crippen molar-refractivity contribution in [2.75, 3.05) is 18.8 Å². The fourth-order valence-corrected chi connectivity index (χ4v) is 2.72. The number of aryl methyl sites for hydroxylation is 2. The van der Waals surface area contributed by atoms with Crippen molar-refractivity contribution in [3.8, 4) is 0 Å². The van der Waals surface area contributed by atoms with Crippen LogP contribution in [-0.2, 0) is 7.05 Å². The van der Waals surface area contributed by atoms with Gasteiger partial charge in [-0.1, -0.05) is 0 Å². The molecule has 18 heavy (non-hydrogen) atoms. The second-order valence-corrected chi connectivity index (χ2v) is 5.51. The lowest BCUT2D eigenvalue weighted by Gasteiger charge is -2.46. The third kappa shape index (κ3) is 1.52. The molecule has 1 aromatic heterocycles. The van der Waals surface area contributed by atoms with E-state index in [4.69, 9.17) is 5.73 Å². The number of carbonyl (C=O) groups is 1. The highest BCUT2D eigenvalue weighted by Crippen LogP contribution is 2.44. The molecule has 1 aromatic rings. The Hall–Kier alpha value is -1.56. The van der Waals surface area contributed by atoms with Crippen LogP contribution < -0.4 is 5.73 Å². The molecule has 1 aliphatic carbocycles. The van der Waals surface area contributed by atoms with Crippen LogP contribution in [0.1, 0.15) is 29.0 Å². The van der Waals surface area contributed by atoms with Crippen molar-refractivity contribution in [2.45, 2.75) is 25.4 Å². The van der Waals surface area contributed by atoms with Crippen molar-refractivity contribution in [3.63, 3.8) is 0 Å². The SMILES string of the molecule is Cc1nn(C)c(C(=O)N2CC(O)(C3CC3)C2)c1N. The summed E-state index contributed by atoms with van der Waals surface area (Å²) in [6, 6.07) is 0. The largest absolute Gasteiger partial charge is 0.395 e. The van der Waals surface area contributed by atoms with Gasteiger partial charge in [-0.05, 0) is 25.7 Å². The molecule has 0 bridgehead atoms. The zero-order valence-corrected chi connectivity index (χ0v) is 10.7. The minimum Gasteiger partial charge on any atom is -0.395 e. The van der Waals surface area contributed by atoms with Crippen molar-refractivity contribution >= 4 is 11.6 Å². The van der Waals surface area contributed by atoms with Crippen LogP contribution >= 0.6 is 0 Å².